The Bertz CT molecular complexity index is 673. The molecule has 2 aliphatic heterocycles. The van der Waals surface area contributed by atoms with Crippen LogP contribution in [0.1, 0.15) is 16.8 Å². The van der Waals surface area contributed by atoms with Gasteiger partial charge in [-0.3, -0.25) is 9.59 Å². The van der Waals surface area contributed by atoms with E-state index in [1.807, 2.05) is 0 Å². The van der Waals surface area contributed by atoms with Crippen LogP contribution in [0, 0.1) is 0 Å². The van der Waals surface area contributed by atoms with E-state index < -0.39 is 6.04 Å². The van der Waals surface area contributed by atoms with E-state index in [0.717, 1.165) is 0 Å². The van der Waals surface area contributed by atoms with Crippen molar-refractivity contribution in [2.75, 3.05) is 18.4 Å². The predicted octanol–water partition coefficient (Wildman–Crippen LogP) is 0.707. The van der Waals surface area contributed by atoms with Crippen LogP contribution in [0.3, 0.4) is 0 Å². The van der Waals surface area contributed by atoms with Crippen molar-refractivity contribution in [3.05, 3.63) is 42.5 Å². The maximum absolute atomic E-state index is 12.7. The first-order valence-electron chi connectivity index (χ1n) is 7.46. The largest absolute Gasteiger partial charge is 0.335 e. The molecular formula is C16H18N4O3. The van der Waals surface area contributed by atoms with Crippen LogP contribution in [0.2, 0.25) is 0 Å². The number of para-hydroxylation sites is 1. The molecule has 7 nitrogen and oxygen atoms in total. The fraction of sp³-hybridized carbons (Fsp3) is 0.312. The van der Waals surface area contributed by atoms with Crippen LogP contribution in [-0.2, 0) is 4.79 Å². The molecule has 23 heavy (non-hydrogen) atoms. The third-order valence-electron chi connectivity index (χ3n) is 4.02. The average Bonchev–Trinajstić information content (AvgIpc) is 2.93. The number of hydrogen-bond donors (Lipinski definition) is 3. The average molecular weight is 314 g/mol. The molecule has 1 saturated heterocycles. The molecule has 2 atom stereocenters. The Hall–Kier alpha value is -2.83. The van der Waals surface area contributed by atoms with Gasteiger partial charge >= 0.3 is 6.03 Å². The van der Waals surface area contributed by atoms with Crippen LogP contribution in [-0.4, -0.2) is 47.9 Å². The molecule has 0 radical (unpaired) electrons. The normalized spacial score (nSPS) is 22.5. The lowest BCUT2D eigenvalue weighted by Gasteiger charge is -2.20. The first-order valence-corrected chi connectivity index (χ1v) is 7.46. The summed E-state index contributed by atoms with van der Waals surface area (Å²) >= 11 is 0. The van der Waals surface area contributed by atoms with Crippen LogP contribution < -0.4 is 16.0 Å². The second-order valence-corrected chi connectivity index (χ2v) is 5.58. The Morgan fingerprint density at radius 1 is 1.39 bits per heavy atom. The monoisotopic (exact) mass is 314 g/mol. The van der Waals surface area contributed by atoms with E-state index in [4.69, 9.17) is 0 Å². The van der Waals surface area contributed by atoms with E-state index in [9.17, 15) is 14.4 Å². The molecule has 1 aromatic carbocycles. The Morgan fingerprint density at radius 2 is 2.17 bits per heavy atom. The van der Waals surface area contributed by atoms with Crippen molar-refractivity contribution in [2.24, 2.45) is 0 Å². The number of fused-ring (bicyclic) bond motifs is 2. The van der Waals surface area contributed by atoms with E-state index in [1.54, 1.807) is 30.3 Å². The van der Waals surface area contributed by atoms with Crippen LogP contribution in [0.15, 0.2) is 36.9 Å². The van der Waals surface area contributed by atoms with Crippen molar-refractivity contribution in [1.29, 1.82) is 0 Å². The van der Waals surface area contributed by atoms with Gasteiger partial charge in [-0.25, -0.2) is 4.79 Å². The van der Waals surface area contributed by atoms with Crippen molar-refractivity contribution >= 4 is 23.5 Å². The number of anilines is 1. The van der Waals surface area contributed by atoms with Crippen molar-refractivity contribution in [1.82, 2.24) is 15.5 Å². The second kappa shape index (κ2) is 6.12. The van der Waals surface area contributed by atoms with E-state index in [-0.39, 0.29) is 23.9 Å². The first-order chi connectivity index (χ1) is 11.1. The summed E-state index contributed by atoms with van der Waals surface area (Å²) in [7, 11) is 0. The number of amides is 4. The highest BCUT2D eigenvalue weighted by Crippen LogP contribution is 2.28. The van der Waals surface area contributed by atoms with Crippen molar-refractivity contribution in [3.8, 4) is 0 Å². The lowest BCUT2D eigenvalue weighted by atomic mass is 10.1. The molecule has 2 unspecified atom stereocenters. The quantitative estimate of drug-likeness (QED) is 0.718. The molecule has 1 fully saturated rings. The summed E-state index contributed by atoms with van der Waals surface area (Å²) in [6, 6.07) is 5.78. The molecule has 0 aliphatic carbocycles. The summed E-state index contributed by atoms with van der Waals surface area (Å²) in [5.74, 6) is -0.418. The van der Waals surface area contributed by atoms with Gasteiger partial charge in [0.1, 0.15) is 6.04 Å². The molecule has 7 heteroatoms. The van der Waals surface area contributed by atoms with Gasteiger partial charge < -0.3 is 20.9 Å². The molecule has 4 amide bonds. The lowest BCUT2D eigenvalue weighted by Crippen LogP contribution is -2.44. The van der Waals surface area contributed by atoms with Gasteiger partial charge in [-0.2, -0.15) is 0 Å². The summed E-state index contributed by atoms with van der Waals surface area (Å²) in [5.41, 5.74) is 1.00. The van der Waals surface area contributed by atoms with Gasteiger partial charge in [-0.15, -0.1) is 6.58 Å². The smallest absolute Gasteiger partial charge is 0.315 e. The summed E-state index contributed by atoms with van der Waals surface area (Å²) in [6.45, 7) is 4.20. The molecule has 0 saturated carbocycles. The molecule has 0 aromatic heterocycles. The molecule has 3 N–H and O–H groups in total. The Kier molecular flexibility index (Phi) is 4.01. The minimum Gasteiger partial charge on any atom is -0.335 e. The van der Waals surface area contributed by atoms with Crippen molar-refractivity contribution < 1.29 is 14.4 Å². The van der Waals surface area contributed by atoms with Crippen LogP contribution in [0.4, 0.5) is 10.5 Å². The van der Waals surface area contributed by atoms with Gasteiger partial charge in [0.25, 0.3) is 5.91 Å². The summed E-state index contributed by atoms with van der Waals surface area (Å²) < 4.78 is 0. The number of urea groups is 1. The zero-order valence-corrected chi connectivity index (χ0v) is 12.5. The highest BCUT2D eigenvalue weighted by Gasteiger charge is 2.42. The number of benzene rings is 1. The van der Waals surface area contributed by atoms with Crippen LogP contribution >= 0.6 is 0 Å². The van der Waals surface area contributed by atoms with Gasteiger partial charge in [0.05, 0.1) is 17.3 Å². The highest BCUT2D eigenvalue weighted by atomic mass is 16.2. The first kappa shape index (κ1) is 15.1. The maximum Gasteiger partial charge on any atom is 0.315 e. The molecule has 0 spiro atoms. The fourth-order valence-corrected chi connectivity index (χ4v) is 2.96. The van der Waals surface area contributed by atoms with E-state index >= 15 is 0 Å². The molecule has 120 valence electrons. The number of hydrogen-bond acceptors (Lipinski definition) is 3. The number of carbonyl (C=O) groups is 3. The number of rotatable bonds is 3. The summed E-state index contributed by atoms with van der Waals surface area (Å²) in [4.78, 5) is 38.3. The number of carbonyl (C=O) groups excluding carboxylic acids is 3. The van der Waals surface area contributed by atoms with Crippen molar-refractivity contribution in [2.45, 2.75) is 18.5 Å². The standard InChI is InChI=1S/C16H18N4O3/c1-2-7-17-16(23)18-10-8-13-14(21)19-12-6-4-3-5-11(12)15(22)20(13)9-10/h2-6,10,13H,1,7-9H2,(H,19,21)(H2,17,18,23). The van der Waals surface area contributed by atoms with Gasteiger partial charge in [0.2, 0.25) is 5.91 Å². The zero-order valence-electron chi connectivity index (χ0n) is 12.5. The minimum atomic E-state index is -0.570. The maximum atomic E-state index is 12.7. The SMILES string of the molecule is C=CCNC(=O)NC1CC2C(=O)Nc3ccccc3C(=O)N2C1. The number of nitrogens with one attached hydrogen (secondary N) is 3. The Morgan fingerprint density at radius 3 is 2.96 bits per heavy atom. The zero-order chi connectivity index (χ0) is 16.4. The Balaban J connectivity index is 1.75. The molecule has 3 rings (SSSR count). The van der Waals surface area contributed by atoms with E-state index in [2.05, 4.69) is 22.5 Å². The fourth-order valence-electron chi connectivity index (χ4n) is 2.96. The molecule has 1 aromatic rings. The van der Waals surface area contributed by atoms with Crippen LogP contribution in [0.5, 0.6) is 0 Å². The summed E-state index contributed by atoms with van der Waals surface area (Å²) in [5, 5.41) is 8.19. The third-order valence-corrected chi connectivity index (χ3v) is 4.02. The summed E-state index contributed by atoms with van der Waals surface area (Å²) in [6.07, 6.45) is 1.97. The van der Waals surface area contributed by atoms with Crippen LogP contribution in [0.25, 0.3) is 0 Å². The van der Waals surface area contributed by atoms with E-state index in [0.29, 0.717) is 30.8 Å². The van der Waals surface area contributed by atoms with Crippen molar-refractivity contribution in [3.63, 3.8) is 0 Å². The third kappa shape index (κ3) is 2.90. The minimum absolute atomic E-state index is 0.195. The van der Waals surface area contributed by atoms with E-state index in [1.165, 1.54) is 4.90 Å². The lowest BCUT2D eigenvalue weighted by molar-refractivity contribution is -0.119. The van der Waals surface area contributed by atoms with Gasteiger partial charge in [0, 0.05) is 13.1 Å². The molecule has 0 bridgehead atoms. The molecule has 2 aliphatic rings. The number of nitrogens with zero attached hydrogens (tertiary/aromatic N) is 1. The topological polar surface area (TPSA) is 90.5 Å². The van der Waals surface area contributed by atoms with Gasteiger partial charge in [-0.1, -0.05) is 18.2 Å². The van der Waals surface area contributed by atoms with Gasteiger partial charge in [-0.05, 0) is 18.6 Å². The highest BCUT2D eigenvalue weighted by molar-refractivity contribution is 6.10. The Labute approximate surface area is 133 Å². The molecular weight excluding hydrogens is 296 g/mol. The molecule has 2 heterocycles. The van der Waals surface area contributed by atoms with Gasteiger partial charge in [0.15, 0.2) is 0 Å². The predicted molar refractivity (Wildman–Crippen MR) is 85.0 cm³/mol. The second-order valence-electron chi connectivity index (χ2n) is 5.58.